The van der Waals surface area contributed by atoms with Crippen molar-refractivity contribution < 1.29 is 14.0 Å². The summed E-state index contributed by atoms with van der Waals surface area (Å²) in [7, 11) is 0. The third-order valence-electron chi connectivity index (χ3n) is 3.50. The highest BCUT2D eigenvalue weighted by Gasteiger charge is 2.13. The minimum atomic E-state index is -0.244. The fraction of sp³-hybridized carbons (Fsp3) is 0.105. The first kappa shape index (κ1) is 16.9. The molecule has 0 spiro atoms. The molecule has 2 heterocycles. The van der Waals surface area contributed by atoms with Gasteiger partial charge in [0.05, 0.1) is 5.51 Å². The van der Waals surface area contributed by atoms with Crippen molar-refractivity contribution in [3.63, 3.8) is 0 Å². The summed E-state index contributed by atoms with van der Waals surface area (Å²) in [6.07, 6.45) is 5.58. The molecular formula is C19H16N2O3S. The topological polar surface area (TPSA) is 72.2 Å². The molecular weight excluding hydrogens is 336 g/mol. The van der Waals surface area contributed by atoms with Crippen LogP contribution in [0.4, 0.5) is 5.69 Å². The van der Waals surface area contributed by atoms with Crippen LogP contribution in [0.15, 0.2) is 58.6 Å². The molecule has 0 aliphatic rings. The zero-order chi connectivity index (χ0) is 17.6. The maximum absolute atomic E-state index is 12.3. The van der Waals surface area contributed by atoms with Gasteiger partial charge in [-0.3, -0.25) is 14.6 Å². The Bertz CT molecular complexity index is 893. The number of aromatic nitrogens is 1. The maximum Gasteiger partial charge on any atom is 0.248 e. The number of anilines is 1. The minimum Gasteiger partial charge on any atom is -0.458 e. The van der Waals surface area contributed by atoms with Gasteiger partial charge >= 0.3 is 0 Å². The van der Waals surface area contributed by atoms with Crippen molar-refractivity contribution >= 4 is 34.8 Å². The van der Waals surface area contributed by atoms with Crippen molar-refractivity contribution in [3.8, 4) is 0 Å². The second-order valence-electron chi connectivity index (χ2n) is 5.25. The fourth-order valence-corrected chi connectivity index (χ4v) is 2.70. The molecule has 1 aromatic carbocycles. The highest BCUT2D eigenvalue weighted by molar-refractivity contribution is 7.10. The first-order valence-electron chi connectivity index (χ1n) is 7.76. The van der Waals surface area contributed by atoms with Crippen LogP contribution < -0.4 is 5.32 Å². The van der Waals surface area contributed by atoms with E-state index in [9.17, 15) is 9.59 Å². The van der Waals surface area contributed by atoms with Gasteiger partial charge in [0.1, 0.15) is 5.76 Å². The number of amides is 1. The van der Waals surface area contributed by atoms with Crippen LogP contribution >= 0.6 is 11.3 Å². The summed E-state index contributed by atoms with van der Waals surface area (Å²) in [6, 6.07) is 10.2. The Kier molecular flexibility index (Phi) is 5.20. The molecule has 0 radical (unpaired) electrons. The average Bonchev–Trinajstić information content (AvgIpc) is 3.31. The van der Waals surface area contributed by atoms with E-state index in [1.807, 2.05) is 6.92 Å². The third kappa shape index (κ3) is 4.30. The molecule has 1 amide bonds. The molecule has 2 aromatic heterocycles. The van der Waals surface area contributed by atoms with Crippen LogP contribution in [0.1, 0.15) is 33.7 Å². The normalized spacial score (nSPS) is 10.9. The Hall–Kier alpha value is -2.99. The van der Waals surface area contributed by atoms with Crippen LogP contribution in [0.25, 0.3) is 6.08 Å². The summed E-state index contributed by atoms with van der Waals surface area (Å²) in [5.41, 5.74) is 2.83. The van der Waals surface area contributed by atoms with E-state index in [1.54, 1.807) is 54.2 Å². The van der Waals surface area contributed by atoms with Gasteiger partial charge in [-0.15, -0.1) is 11.3 Å². The smallest absolute Gasteiger partial charge is 0.248 e. The Morgan fingerprint density at radius 1 is 1.20 bits per heavy atom. The summed E-state index contributed by atoms with van der Waals surface area (Å²) in [5, 5.41) is 2.75. The number of furan rings is 1. The molecule has 3 rings (SSSR count). The standard InChI is InChI=1S/C19H16N2O3S/c1-2-15-7-9-17(24-15)19(23)13-3-5-14(6-4-13)21-18(22)10-8-16-11-20-12-25-16/h3-12H,2H2,1H3,(H,21,22)/b10-8+. The van der Waals surface area contributed by atoms with Gasteiger partial charge in [-0.2, -0.15) is 0 Å². The molecule has 0 atom stereocenters. The number of rotatable bonds is 6. The van der Waals surface area contributed by atoms with Crippen LogP contribution in [0.3, 0.4) is 0 Å². The molecule has 0 saturated carbocycles. The Balaban J connectivity index is 1.63. The number of carbonyl (C=O) groups is 2. The van der Waals surface area contributed by atoms with E-state index in [0.29, 0.717) is 17.0 Å². The van der Waals surface area contributed by atoms with Crippen LogP contribution in [0, 0.1) is 0 Å². The molecule has 5 nitrogen and oxygen atoms in total. The van der Waals surface area contributed by atoms with Gasteiger partial charge in [0.2, 0.25) is 11.7 Å². The van der Waals surface area contributed by atoms with Crippen molar-refractivity contribution in [2.75, 3.05) is 5.32 Å². The van der Waals surface area contributed by atoms with E-state index in [-0.39, 0.29) is 11.7 Å². The highest BCUT2D eigenvalue weighted by atomic mass is 32.1. The van der Waals surface area contributed by atoms with E-state index in [4.69, 9.17) is 4.42 Å². The lowest BCUT2D eigenvalue weighted by atomic mass is 10.1. The number of hydrogen-bond acceptors (Lipinski definition) is 5. The monoisotopic (exact) mass is 352 g/mol. The first-order valence-corrected chi connectivity index (χ1v) is 8.64. The number of benzene rings is 1. The Labute approximate surface area is 149 Å². The van der Waals surface area contributed by atoms with Gasteiger partial charge in [-0.1, -0.05) is 6.92 Å². The minimum absolute atomic E-state index is 0.178. The molecule has 126 valence electrons. The van der Waals surface area contributed by atoms with E-state index in [2.05, 4.69) is 10.3 Å². The summed E-state index contributed by atoms with van der Waals surface area (Å²) in [6.45, 7) is 1.97. The largest absolute Gasteiger partial charge is 0.458 e. The number of hydrogen-bond donors (Lipinski definition) is 1. The van der Waals surface area contributed by atoms with E-state index >= 15 is 0 Å². The molecule has 0 bridgehead atoms. The molecule has 0 aliphatic heterocycles. The van der Waals surface area contributed by atoms with Gasteiger partial charge in [-0.05, 0) is 42.5 Å². The van der Waals surface area contributed by atoms with Crippen molar-refractivity contribution in [3.05, 3.63) is 76.1 Å². The number of nitrogens with zero attached hydrogens (tertiary/aromatic N) is 1. The predicted octanol–water partition coefficient (Wildman–Crippen LogP) is 4.18. The van der Waals surface area contributed by atoms with Crippen molar-refractivity contribution in [1.29, 1.82) is 0 Å². The molecule has 25 heavy (non-hydrogen) atoms. The van der Waals surface area contributed by atoms with E-state index < -0.39 is 0 Å². The first-order chi connectivity index (χ1) is 12.2. The molecule has 1 N–H and O–H groups in total. The Morgan fingerprint density at radius 2 is 2.00 bits per heavy atom. The summed E-state index contributed by atoms with van der Waals surface area (Å²) in [5.74, 6) is 0.676. The van der Waals surface area contributed by atoms with Gasteiger partial charge in [-0.25, -0.2) is 0 Å². The third-order valence-corrected chi connectivity index (χ3v) is 4.24. The number of nitrogens with one attached hydrogen (secondary N) is 1. The Morgan fingerprint density at radius 3 is 2.64 bits per heavy atom. The van der Waals surface area contributed by atoms with Crippen LogP contribution in [0.5, 0.6) is 0 Å². The summed E-state index contributed by atoms with van der Waals surface area (Å²) < 4.78 is 5.48. The molecule has 0 aliphatic carbocycles. The lowest BCUT2D eigenvalue weighted by Gasteiger charge is -2.03. The molecule has 0 fully saturated rings. The maximum atomic E-state index is 12.3. The van der Waals surface area contributed by atoms with Crippen molar-refractivity contribution in [2.24, 2.45) is 0 Å². The summed E-state index contributed by atoms with van der Waals surface area (Å²) in [4.78, 5) is 29.1. The fourth-order valence-electron chi connectivity index (χ4n) is 2.19. The van der Waals surface area contributed by atoms with Gasteiger partial charge < -0.3 is 9.73 Å². The zero-order valence-electron chi connectivity index (χ0n) is 13.6. The number of aryl methyl sites for hydroxylation is 1. The quantitative estimate of drug-likeness (QED) is 0.533. The highest BCUT2D eigenvalue weighted by Crippen LogP contribution is 2.16. The van der Waals surface area contributed by atoms with E-state index in [1.165, 1.54) is 17.4 Å². The lowest BCUT2D eigenvalue weighted by molar-refractivity contribution is -0.111. The number of carbonyl (C=O) groups excluding carboxylic acids is 2. The van der Waals surface area contributed by atoms with Crippen LogP contribution in [-0.2, 0) is 11.2 Å². The summed E-state index contributed by atoms with van der Waals surface area (Å²) >= 11 is 1.45. The number of thiazole rings is 1. The van der Waals surface area contributed by atoms with E-state index in [0.717, 1.165) is 17.1 Å². The van der Waals surface area contributed by atoms with Crippen molar-refractivity contribution in [1.82, 2.24) is 4.98 Å². The van der Waals surface area contributed by atoms with Crippen LogP contribution in [0.2, 0.25) is 0 Å². The molecule has 3 aromatic rings. The molecule has 0 saturated heterocycles. The predicted molar refractivity (Wildman–Crippen MR) is 97.7 cm³/mol. The second kappa shape index (κ2) is 7.72. The average molecular weight is 352 g/mol. The van der Waals surface area contributed by atoms with Gasteiger partial charge in [0, 0.05) is 34.8 Å². The lowest BCUT2D eigenvalue weighted by Crippen LogP contribution is -2.08. The SMILES string of the molecule is CCc1ccc(C(=O)c2ccc(NC(=O)/C=C/c3cncs3)cc2)o1. The molecule has 6 heteroatoms. The van der Waals surface area contributed by atoms with Crippen molar-refractivity contribution in [2.45, 2.75) is 13.3 Å². The zero-order valence-corrected chi connectivity index (χ0v) is 14.4. The van der Waals surface area contributed by atoms with Gasteiger partial charge in [0.25, 0.3) is 0 Å². The second-order valence-corrected chi connectivity index (χ2v) is 6.17. The van der Waals surface area contributed by atoms with Gasteiger partial charge in [0.15, 0.2) is 5.76 Å². The number of ketones is 1. The van der Waals surface area contributed by atoms with Crippen LogP contribution in [-0.4, -0.2) is 16.7 Å². The molecule has 0 unspecified atom stereocenters.